The fourth-order valence-electron chi connectivity index (χ4n) is 4.40. The number of carboxylic acid groups (broad SMARTS) is 1. The highest BCUT2D eigenvalue weighted by atomic mass is 16.5. The molecule has 0 spiro atoms. The minimum atomic E-state index is -0.872. The van der Waals surface area contributed by atoms with Crippen LogP contribution >= 0.6 is 0 Å². The van der Waals surface area contributed by atoms with Gasteiger partial charge in [-0.1, -0.05) is 42.5 Å². The number of benzene rings is 2. The first-order valence-corrected chi connectivity index (χ1v) is 9.46. The van der Waals surface area contributed by atoms with Gasteiger partial charge in [-0.15, -0.1) is 0 Å². The van der Waals surface area contributed by atoms with Crippen LogP contribution in [0.2, 0.25) is 0 Å². The van der Waals surface area contributed by atoms with E-state index in [1.165, 1.54) is 11.1 Å². The first-order valence-electron chi connectivity index (χ1n) is 9.46. The molecule has 0 radical (unpaired) electrons. The van der Waals surface area contributed by atoms with Gasteiger partial charge in [0, 0.05) is 18.5 Å². The molecule has 2 heterocycles. The normalized spacial score (nSPS) is 26.9. The molecule has 136 valence electrons. The molecule has 4 nitrogen and oxygen atoms in total. The van der Waals surface area contributed by atoms with E-state index in [0.717, 1.165) is 32.2 Å². The summed E-state index contributed by atoms with van der Waals surface area (Å²) in [5.41, 5.74) is 2.84. The van der Waals surface area contributed by atoms with Gasteiger partial charge in [-0.3, -0.25) is 0 Å². The van der Waals surface area contributed by atoms with Crippen molar-refractivity contribution in [1.29, 1.82) is 0 Å². The highest BCUT2D eigenvalue weighted by Gasteiger charge is 2.48. The molecule has 26 heavy (non-hydrogen) atoms. The number of carbonyl (C=O) groups is 1. The Morgan fingerprint density at radius 1 is 1.00 bits per heavy atom. The summed E-state index contributed by atoms with van der Waals surface area (Å²) in [7, 11) is 0. The number of fused-ring (bicyclic) bond motifs is 2. The van der Waals surface area contributed by atoms with Crippen molar-refractivity contribution in [2.24, 2.45) is 5.92 Å². The van der Waals surface area contributed by atoms with E-state index in [1.807, 2.05) is 18.2 Å². The molecule has 0 aliphatic carbocycles. The molecule has 4 atom stereocenters. The van der Waals surface area contributed by atoms with Crippen LogP contribution < -0.4 is 5.32 Å². The molecule has 2 aromatic carbocycles. The summed E-state index contributed by atoms with van der Waals surface area (Å²) < 4.78 is 6.18. The SMILES string of the molecule is O=C(O)c1ccc(CC[C@@H]2[C@@H](NCc3ccccc3)[C@@H]3CC[C@H]2O3)cc1. The zero-order valence-corrected chi connectivity index (χ0v) is 14.8. The van der Waals surface area contributed by atoms with Gasteiger partial charge in [-0.2, -0.15) is 0 Å². The molecule has 2 fully saturated rings. The lowest BCUT2D eigenvalue weighted by molar-refractivity contribution is 0.0697. The van der Waals surface area contributed by atoms with Crippen molar-refractivity contribution in [2.75, 3.05) is 0 Å². The van der Waals surface area contributed by atoms with Gasteiger partial charge in [-0.05, 0) is 48.9 Å². The summed E-state index contributed by atoms with van der Waals surface area (Å²) in [6.45, 7) is 0.877. The number of ether oxygens (including phenoxy) is 1. The molecule has 2 saturated heterocycles. The second-order valence-electron chi connectivity index (χ2n) is 7.39. The van der Waals surface area contributed by atoms with Crippen molar-refractivity contribution in [3.8, 4) is 0 Å². The maximum absolute atomic E-state index is 11.0. The summed E-state index contributed by atoms with van der Waals surface area (Å²) in [5.74, 6) is -0.347. The lowest BCUT2D eigenvalue weighted by Gasteiger charge is -2.29. The first kappa shape index (κ1) is 17.3. The number of hydrogen-bond acceptors (Lipinski definition) is 3. The molecular weight excluding hydrogens is 326 g/mol. The van der Waals surface area contributed by atoms with Crippen molar-refractivity contribution in [3.05, 3.63) is 71.3 Å². The average molecular weight is 351 g/mol. The second-order valence-corrected chi connectivity index (χ2v) is 7.39. The molecule has 0 aromatic heterocycles. The Balaban J connectivity index is 1.37. The van der Waals surface area contributed by atoms with Crippen LogP contribution in [-0.2, 0) is 17.7 Å². The molecule has 2 aliphatic heterocycles. The van der Waals surface area contributed by atoms with Gasteiger partial charge in [0.1, 0.15) is 0 Å². The number of rotatable bonds is 7. The fourth-order valence-corrected chi connectivity index (χ4v) is 4.40. The predicted molar refractivity (Wildman–Crippen MR) is 100 cm³/mol. The van der Waals surface area contributed by atoms with Crippen LogP contribution in [0.3, 0.4) is 0 Å². The van der Waals surface area contributed by atoms with Gasteiger partial charge >= 0.3 is 5.97 Å². The molecule has 2 bridgehead atoms. The minimum Gasteiger partial charge on any atom is -0.478 e. The van der Waals surface area contributed by atoms with Crippen molar-refractivity contribution >= 4 is 5.97 Å². The minimum absolute atomic E-state index is 0.336. The third kappa shape index (κ3) is 3.67. The Hall–Kier alpha value is -2.17. The molecular formula is C22H25NO3. The highest BCUT2D eigenvalue weighted by Crippen LogP contribution is 2.41. The molecule has 0 amide bonds. The summed E-state index contributed by atoms with van der Waals surface area (Å²) in [5, 5.41) is 12.7. The Morgan fingerprint density at radius 3 is 2.46 bits per heavy atom. The van der Waals surface area contributed by atoms with Gasteiger partial charge in [0.15, 0.2) is 0 Å². The van der Waals surface area contributed by atoms with E-state index < -0.39 is 5.97 Å². The van der Waals surface area contributed by atoms with Crippen molar-refractivity contribution in [2.45, 2.75) is 50.5 Å². The van der Waals surface area contributed by atoms with E-state index in [-0.39, 0.29) is 0 Å². The number of nitrogens with one attached hydrogen (secondary N) is 1. The predicted octanol–water partition coefficient (Wildman–Crippen LogP) is 3.65. The topological polar surface area (TPSA) is 58.6 Å². The Kier molecular flexibility index (Phi) is 5.05. The Morgan fingerprint density at radius 2 is 1.73 bits per heavy atom. The number of aromatic carboxylic acids is 1. The lowest BCUT2D eigenvalue weighted by atomic mass is 9.81. The standard InChI is InChI=1S/C22H25NO3/c24-22(25)17-9-6-15(7-10-17)8-11-18-19-12-13-20(26-19)21(18)23-14-16-4-2-1-3-5-16/h1-7,9-10,18-21,23H,8,11-14H2,(H,24,25)/t18-,19+,20-,21+/m0/s1. The molecule has 2 N–H and O–H groups in total. The quantitative estimate of drug-likeness (QED) is 0.799. The Labute approximate surface area is 154 Å². The molecule has 0 saturated carbocycles. The number of aryl methyl sites for hydroxylation is 1. The molecule has 4 rings (SSSR count). The lowest BCUT2D eigenvalue weighted by Crippen LogP contribution is -2.43. The van der Waals surface area contributed by atoms with Gasteiger partial charge in [0.25, 0.3) is 0 Å². The molecule has 4 heteroatoms. The zero-order chi connectivity index (χ0) is 17.9. The highest BCUT2D eigenvalue weighted by molar-refractivity contribution is 5.87. The van der Waals surface area contributed by atoms with Crippen LogP contribution in [0.1, 0.15) is 40.7 Å². The van der Waals surface area contributed by atoms with Crippen LogP contribution in [0.5, 0.6) is 0 Å². The smallest absolute Gasteiger partial charge is 0.335 e. The third-order valence-electron chi connectivity index (χ3n) is 5.78. The zero-order valence-electron chi connectivity index (χ0n) is 14.8. The molecule has 2 aliphatic rings. The van der Waals surface area contributed by atoms with Crippen LogP contribution in [0.15, 0.2) is 54.6 Å². The first-order chi connectivity index (χ1) is 12.7. The Bertz CT molecular complexity index is 744. The van der Waals surface area contributed by atoms with Crippen LogP contribution in [0.4, 0.5) is 0 Å². The van der Waals surface area contributed by atoms with Gasteiger partial charge in [0.05, 0.1) is 17.8 Å². The third-order valence-corrected chi connectivity index (χ3v) is 5.78. The summed E-state index contributed by atoms with van der Waals surface area (Å²) in [6, 6.07) is 18.2. The summed E-state index contributed by atoms with van der Waals surface area (Å²) >= 11 is 0. The molecule has 0 unspecified atom stereocenters. The number of hydrogen-bond donors (Lipinski definition) is 2. The average Bonchev–Trinajstić information content (AvgIpc) is 3.27. The van der Waals surface area contributed by atoms with Crippen LogP contribution in [-0.4, -0.2) is 29.3 Å². The fraction of sp³-hybridized carbons (Fsp3) is 0.409. The van der Waals surface area contributed by atoms with Crippen LogP contribution in [0, 0.1) is 5.92 Å². The maximum Gasteiger partial charge on any atom is 0.335 e. The van der Waals surface area contributed by atoms with E-state index in [9.17, 15) is 4.79 Å². The molecule has 2 aromatic rings. The summed E-state index contributed by atoms with van der Waals surface area (Å²) in [6.07, 6.45) is 5.05. The van der Waals surface area contributed by atoms with Crippen LogP contribution in [0.25, 0.3) is 0 Å². The number of carboxylic acids is 1. The van der Waals surface area contributed by atoms with E-state index >= 15 is 0 Å². The van der Waals surface area contributed by atoms with Gasteiger partial charge in [0.2, 0.25) is 0 Å². The van der Waals surface area contributed by atoms with Crippen molar-refractivity contribution < 1.29 is 14.6 Å². The van der Waals surface area contributed by atoms with E-state index in [1.54, 1.807) is 12.1 Å². The van der Waals surface area contributed by atoms with Gasteiger partial charge in [-0.25, -0.2) is 4.79 Å². The van der Waals surface area contributed by atoms with E-state index in [0.29, 0.717) is 29.7 Å². The van der Waals surface area contributed by atoms with E-state index in [4.69, 9.17) is 9.84 Å². The second kappa shape index (κ2) is 7.60. The van der Waals surface area contributed by atoms with Gasteiger partial charge < -0.3 is 15.2 Å². The van der Waals surface area contributed by atoms with Crippen molar-refractivity contribution in [1.82, 2.24) is 5.32 Å². The maximum atomic E-state index is 11.0. The van der Waals surface area contributed by atoms with E-state index in [2.05, 4.69) is 29.6 Å². The monoisotopic (exact) mass is 351 g/mol. The summed E-state index contributed by atoms with van der Waals surface area (Å²) in [4.78, 5) is 11.0. The van der Waals surface area contributed by atoms with Crippen molar-refractivity contribution in [3.63, 3.8) is 0 Å². The largest absolute Gasteiger partial charge is 0.478 e.